The number of ether oxygens (including phenoxy) is 1. The van der Waals surface area contributed by atoms with Gasteiger partial charge in [-0.25, -0.2) is 0 Å². The first-order valence-electron chi connectivity index (χ1n) is 9.01. The Morgan fingerprint density at radius 3 is 2.28 bits per heavy atom. The van der Waals surface area contributed by atoms with Gasteiger partial charge in [0.2, 0.25) is 11.8 Å². The molecule has 0 aromatic heterocycles. The molecule has 0 unspecified atom stereocenters. The molecule has 0 saturated carbocycles. The first-order chi connectivity index (χ1) is 11.8. The van der Waals surface area contributed by atoms with E-state index >= 15 is 0 Å². The first kappa shape index (κ1) is 19.3. The maximum absolute atomic E-state index is 12.3. The average Bonchev–Trinajstić information content (AvgIpc) is 2.61. The highest BCUT2D eigenvalue weighted by atomic mass is 16.5. The second-order valence-electron chi connectivity index (χ2n) is 7.71. The van der Waals surface area contributed by atoms with Crippen molar-refractivity contribution < 1.29 is 14.3 Å². The number of rotatable bonds is 5. The summed E-state index contributed by atoms with van der Waals surface area (Å²) < 4.78 is 5.14. The first-order valence-corrected chi connectivity index (χ1v) is 9.01. The number of hydrogen-bond donors (Lipinski definition) is 1. The quantitative estimate of drug-likeness (QED) is 0.892. The zero-order valence-corrected chi connectivity index (χ0v) is 15.8. The van der Waals surface area contributed by atoms with Gasteiger partial charge in [-0.2, -0.15) is 0 Å². The molecule has 25 heavy (non-hydrogen) atoms. The lowest BCUT2D eigenvalue weighted by molar-refractivity contribution is -0.142. The van der Waals surface area contributed by atoms with Crippen LogP contribution in [0.3, 0.4) is 0 Å². The lowest BCUT2D eigenvalue weighted by atomic mass is 9.90. The smallest absolute Gasteiger partial charge is 0.227 e. The van der Waals surface area contributed by atoms with Crippen LogP contribution in [-0.2, 0) is 16.0 Å². The Morgan fingerprint density at radius 1 is 1.16 bits per heavy atom. The van der Waals surface area contributed by atoms with Crippen molar-refractivity contribution in [2.45, 2.75) is 40.0 Å². The molecule has 1 fully saturated rings. The highest BCUT2D eigenvalue weighted by Gasteiger charge is 2.32. The van der Waals surface area contributed by atoms with Crippen molar-refractivity contribution in [1.29, 1.82) is 0 Å². The number of methoxy groups -OCH3 is 1. The summed E-state index contributed by atoms with van der Waals surface area (Å²) in [5.41, 5.74) is 0.819. The fourth-order valence-corrected chi connectivity index (χ4v) is 3.09. The third kappa shape index (κ3) is 5.48. The molecule has 5 heteroatoms. The van der Waals surface area contributed by atoms with Gasteiger partial charge in [-0.1, -0.05) is 32.9 Å². The van der Waals surface area contributed by atoms with Gasteiger partial charge in [0.1, 0.15) is 5.75 Å². The number of carbonyl (C=O) groups excluding carboxylic acids is 2. The molecule has 0 atom stereocenters. The number of likely N-dealkylation sites (tertiary alicyclic amines) is 1. The Hall–Kier alpha value is -2.04. The number of nitrogens with zero attached hydrogens (tertiary/aromatic N) is 1. The summed E-state index contributed by atoms with van der Waals surface area (Å²) in [5.74, 6) is 1.13. The predicted octanol–water partition coefficient (Wildman–Crippen LogP) is 2.64. The minimum Gasteiger partial charge on any atom is -0.497 e. The number of carbonyl (C=O) groups is 2. The fourth-order valence-electron chi connectivity index (χ4n) is 3.09. The third-order valence-corrected chi connectivity index (χ3v) is 4.67. The van der Waals surface area contributed by atoms with Crippen molar-refractivity contribution in [3.05, 3.63) is 29.8 Å². The van der Waals surface area contributed by atoms with Crippen molar-refractivity contribution in [2.75, 3.05) is 26.7 Å². The molecule has 1 aliphatic rings. The summed E-state index contributed by atoms with van der Waals surface area (Å²) in [4.78, 5) is 26.5. The van der Waals surface area contributed by atoms with Crippen LogP contribution in [0.2, 0.25) is 0 Å². The SMILES string of the molecule is COc1ccc(CCNC(=O)C2CCN(C(=O)C(C)(C)C)CC2)cc1. The topological polar surface area (TPSA) is 58.6 Å². The van der Waals surface area contributed by atoms with Gasteiger partial charge in [-0.05, 0) is 37.0 Å². The van der Waals surface area contributed by atoms with Crippen molar-refractivity contribution in [2.24, 2.45) is 11.3 Å². The van der Waals surface area contributed by atoms with Crippen molar-refractivity contribution in [3.8, 4) is 5.75 Å². The van der Waals surface area contributed by atoms with Crippen LogP contribution in [0.15, 0.2) is 24.3 Å². The summed E-state index contributed by atoms with van der Waals surface area (Å²) in [6.45, 7) is 7.79. The van der Waals surface area contributed by atoms with Gasteiger partial charge in [0, 0.05) is 31.0 Å². The van der Waals surface area contributed by atoms with Crippen molar-refractivity contribution in [3.63, 3.8) is 0 Å². The van der Waals surface area contributed by atoms with Gasteiger partial charge in [0.05, 0.1) is 7.11 Å². The Morgan fingerprint density at radius 2 is 1.76 bits per heavy atom. The molecule has 1 aliphatic heterocycles. The molecule has 138 valence electrons. The van der Waals surface area contributed by atoms with Crippen LogP contribution in [0.4, 0.5) is 0 Å². The second kappa shape index (κ2) is 8.37. The van der Waals surface area contributed by atoms with E-state index in [9.17, 15) is 9.59 Å². The Balaban J connectivity index is 1.72. The lowest BCUT2D eigenvalue weighted by Crippen LogP contribution is -2.46. The maximum atomic E-state index is 12.3. The van der Waals surface area contributed by atoms with Crippen molar-refractivity contribution in [1.82, 2.24) is 10.2 Å². The Kier molecular flexibility index (Phi) is 6.45. The van der Waals surface area contributed by atoms with Gasteiger partial charge in [-0.3, -0.25) is 9.59 Å². The van der Waals surface area contributed by atoms with E-state index in [0.29, 0.717) is 19.6 Å². The fraction of sp³-hybridized carbons (Fsp3) is 0.600. The van der Waals surface area contributed by atoms with Crippen LogP contribution in [0.25, 0.3) is 0 Å². The largest absolute Gasteiger partial charge is 0.497 e. The van der Waals surface area contributed by atoms with E-state index in [2.05, 4.69) is 5.32 Å². The van der Waals surface area contributed by atoms with Gasteiger partial charge >= 0.3 is 0 Å². The molecular formula is C20H30N2O3. The molecular weight excluding hydrogens is 316 g/mol. The Labute approximate surface area is 150 Å². The van der Waals surface area contributed by atoms with Gasteiger partial charge < -0.3 is 15.0 Å². The number of benzene rings is 1. The number of amides is 2. The standard InChI is InChI=1S/C20H30N2O3/c1-20(2,3)19(24)22-13-10-16(11-14-22)18(23)21-12-9-15-5-7-17(25-4)8-6-15/h5-8,16H,9-14H2,1-4H3,(H,21,23). The van der Waals surface area contributed by atoms with Gasteiger partial charge in [0.25, 0.3) is 0 Å². The molecule has 2 amide bonds. The summed E-state index contributed by atoms with van der Waals surface area (Å²) in [6.07, 6.45) is 2.30. The van der Waals surface area contributed by atoms with Gasteiger partial charge in [-0.15, -0.1) is 0 Å². The lowest BCUT2D eigenvalue weighted by Gasteiger charge is -2.35. The molecule has 5 nitrogen and oxygen atoms in total. The molecule has 2 rings (SSSR count). The van der Waals surface area contributed by atoms with Crippen LogP contribution in [0.1, 0.15) is 39.2 Å². The van der Waals surface area contributed by atoms with Crippen molar-refractivity contribution >= 4 is 11.8 Å². The minimum atomic E-state index is -0.354. The van der Waals surface area contributed by atoms with Crippen LogP contribution in [-0.4, -0.2) is 43.5 Å². The highest BCUT2D eigenvalue weighted by molar-refractivity contribution is 5.82. The summed E-state index contributed by atoms with van der Waals surface area (Å²) in [6, 6.07) is 7.89. The molecule has 1 heterocycles. The van der Waals surface area contributed by atoms with E-state index in [0.717, 1.165) is 25.0 Å². The van der Waals surface area contributed by atoms with E-state index in [1.807, 2.05) is 49.9 Å². The predicted molar refractivity (Wildman–Crippen MR) is 98.5 cm³/mol. The summed E-state index contributed by atoms with van der Waals surface area (Å²) in [5, 5.41) is 3.03. The molecule has 0 aliphatic carbocycles. The summed E-state index contributed by atoms with van der Waals surface area (Å²) in [7, 11) is 1.65. The van der Waals surface area contributed by atoms with E-state index in [1.165, 1.54) is 5.56 Å². The Bertz CT molecular complexity index is 582. The number of piperidine rings is 1. The van der Waals surface area contributed by atoms with E-state index in [1.54, 1.807) is 7.11 Å². The number of nitrogens with one attached hydrogen (secondary N) is 1. The molecule has 1 aromatic rings. The minimum absolute atomic E-state index is 0.0138. The van der Waals surface area contributed by atoms with Crippen LogP contribution in [0.5, 0.6) is 5.75 Å². The second-order valence-corrected chi connectivity index (χ2v) is 7.71. The van der Waals surface area contributed by atoms with Crippen LogP contribution in [0, 0.1) is 11.3 Å². The summed E-state index contributed by atoms with van der Waals surface area (Å²) >= 11 is 0. The van der Waals surface area contributed by atoms with Gasteiger partial charge in [0.15, 0.2) is 0 Å². The molecule has 0 radical (unpaired) electrons. The molecule has 1 N–H and O–H groups in total. The molecule has 1 saturated heterocycles. The van der Waals surface area contributed by atoms with Crippen LogP contribution >= 0.6 is 0 Å². The monoisotopic (exact) mass is 346 g/mol. The zero-order chi connectivity index (χ0) is 18.4. The molecule has 0 spiro atoms. The third-order valence-electron chi connectivity index (χ3n) is 4.67. The maximum Gasteiger partial charge on any atom is 0.227 e. The highest BCUT2D eigenvalue weighted by Crippen LogP contribution is 2.23. The van der Waals surface area contributed by atoms with Crippen LogP contribution < -0.4 is 10.1 Å². The van der Waals surface area contributed by atoms with E-state index < -0.39 is 0 Å². The molecule has 1 aromatic carbocycles. The zero-order valence-electron chi connectivity index (χ0n) is 15.8. The molecule has 0 bridgehead atoms. The van der Waals surface area contributed by atoms with E-state index in [4.69, 9.17) is 4.74 Å². The number of hydrogen-bond acceptors (Lipinski definition) is 3. The average molecular weight is 346 g/mol. The normalized spacial score (nSPS) is 15.8. The van der Waals surface area contributed by atoms with E-state index in [-0.39, 0.29) is 23.1 Å².